The van der Waals surface area contributed by atoms with Crippen molar-refractivity contribution in [1.29, 1.82) is 5.41 Å². The molecule has 0 radical (unpaired) electrons. The molecule has 0 spiro atoms. The van der Waals surface area contributed by atoms with Crippen molar-refractivity contribution in [3.8, 4) is 11.1 Å². The maximum atomic E-state index is 13.1. The minimum Gasteiger partial charge on any atom is -0.399 e. The molecule has 0 aliphatic rings. The fourth-order valence-electron chi connectivity index (χ4n) is 2.67. The SMILES string of the molecule is C=C(c1cc(N)cc(CO)c1)n1ccc(-c2ccc(F)cc2)cc1=N. The number of nitrogens with one attached hydrogen (secondary N) is 1. The van der Waals surface area contributed by atoms with Crippen LogP contribution in [0.1, 0.15) is 11.1 Å². The van der Waals surface area contributed by atoms with Crippen LogP contribution in [0.4, 0.5) is 10.1 Å². The Bertz CT molecular complexity index is 991. The van der Waals surface area contributed by atoms with E-state index < -0.39 is 0 Å². The zero-order valence-corrected chi connectivity index (χ0v) is 13.5. The number of pyridine rings is 1. The topological polar surface area (TPSA) is 75.0 Å². The highest BCUT2D eigenvalue weighted by Crippen LogP contribution is 2.21. The normalized spacial score (nSPS) is 10.6. The number of rotatable bonds is 4. The number of aliphatic hydroxyl groups excluding tert-OH is 1. The van der Waals surface area contributed by atoms with Crippen LogP contribution in [0.5, 0.6) is 0 Å². The number of halogens is 1. The first kappa shape index (κ1) is 16.7. The Morgan fingerprint density at radius 3 is 2.44 bits per heavy atom. The molecule has 4 N–H and O–H groups in total. The van der Waals surface area contributed by atoms with Crippen LogP contribution in [-0.4, -0.2) is 9.67 Å². The number of nitrogens with two attached hydrogens (primary N) is 1. The molecule has 1 heterocycles. The lowest BCUT2D eigenvalue weighted by molar-refractivity contribution is 0.282. The summed E-state index contributed by atoms with van der Waals surface area (Å²) in [6.45, 7) is 3.92. The fraction of sp³-hybridized carbons (Fsp3) is 0.0500. The van der Waals surface area contributed by atoms with Crippen molar-refractivity contribution in [1.82, 2.24) is 4.57 Å². The summed E-state index contributed by atoms with van der Waals surface area (Å²) in [4.78, 5) is 0. The van der Waals surface area contributed by atoms with Crippen molar-refractivity contribution in [2.75, 3.05) is 5.73 Å². The first-order valence-electron chi connectivity index (χ1n) is 7.71. The van der Waals surface area contributed by atoms with Gasteiger partial charge in [-0.2, -0.15) is 0 Å². The second-order valence-corrected chi connectivity index (χ2v) is 5.75. The molecule has 4 nitrogen and oxygen atoms in total. The number of nitrogens with zero attached hydrogens (tertiary/aromatic N) is 1. The molecule has 0 saturated heterocycles. The lowest BCUT2D eigenvalue weighted by Crippen LogP contribution is -2.18. The van der Waals surface area contributed by atoms with E-state index in [-0.39, 0.29) is 17.9 Å². The van der Waals surface area contributed by atoms with E-state index >= 15 is 0 Å². The van der Waals surface area contributed by atoms with Crippen molar-refractivity contribution in [3.63, 3.8) is 0 Å². The zero-order chi connectivity index (χ0) is 18.0. The lowest BCUT2D eigenvalue weighted by atomic mass is 10.1. The van der Waals surface area contributed by atoms with Gasteiger partial charge < -0.3 is 15.4 Å². The number of aliphatic hydroxyl groups is 1. The molecule has 2 aromatic carbocycles. The first-order valence-corrected chi connectivity index (χ1v) is 7.71. The van der Waals surface area contributed by atoms with Gasteiger partial charge in [-0.1, -0.05) is 18.7 Å². The molecule has 1 aromatic heterocycles. The number of hydrogen-bond donors (Lipinski definition) is 3. The third-order valence-electron chi connectivity index (χ3n) is 3.95. The molecule has 3 rings (SSSR count). The third-order valence-corrected chi connectivity index (χ3v) is 3.95. The summed E-state index contributed by atoms with van der Waals surface area (Å²) < 4.78 is 14.7. The molecule has 0 amide bonds. The van der Waals surface area contributed by atoms with Gasteiger partial charge in [0.1, 0.15) is 11.3 Å². The summed E-state index contributed by atoms with van der Waals surface area (Å²) >= 11 is 0. The van der Waals surface area contributed by atoms with Crippen LogP contribution in [-0.2, 0) is 6.61 Å². The Hall–Kier alpha value is -3.18. The summed E-state index contributed by atoms with van der Waals surface area (Å²) in [5.41, 5.74) is 10.3. The van der Waals surface area contributed by atoms with Crippen molar-refractivity contribution >= 4 is 11.4 Å². The molecule has 126 valence electrons. The van der Waals surface area contributed by atoms with Gasteiger partial charge in [-0.15, -0.1) is 0 Å². The maximum absolute atomic E-state index is 13.1. The van der Waals surface area contributed by atoms with E-state index in [2.05, 4.69) is 6.58 Å². The molecule has 0 fully saturated rings. The number of benzene rings is 2. The predicted molar refractivity (Wildman–Crippen MR) is 96.9 cm³/mol. The van der Waals surface area contributed by atoms with Gasteiger partial charge in [0.25, 0.3) is 0 Å². The molecule has 5 heteroatoms. The molecule has 25 heavy (non-hydrogen) atoms. The van der Waals surface area contributed by atoms with Gasteiger partial charge in [-0.25, -0.2) is 4.39 Å². The van der Waals surface area contributed by atoms with Crippen molar-refractivity contribution in [2.24, 2.45) is 0 Å². The molecular formula is C20H18FN3O. The van der Waals surface area contributed by atoms with Crippen molar-refractivity contribution < 1.29 is 9.50 Å². The summed E-state index contributed by atoms with van der Waals surface area (Å²) in [7, 11) is 0. The number of nitrogen functional groups attached to an aromatic ring is 1. The molecule has 0 atom stereocenters. The number of anilines is 1. The molecule has 0 bridgehead atoms. The van der Waals surface area contributed by atoms with Crippen LogP contribution in [0, 0.1) is 11.2 Å². The maximum Gasteiger partial charge on any atom is 0.129 e. The number of hydrogen-bond acceptors (Lipinski definition) is 3. The highest BCUT2D eigenvalue weighted by molar-refractivity contribution is 5.69. The van der Waals surface area contributed by atoms with Gasteiger partial charge in [0, 0.05) is 23.1 Å². The van der Waals surface area contributed by atoms with Crippen LogP contribution in [0.3, 0.4) is 0 Å². The Morgan fingerprint density at radius 1 is 1.08 bits per heavy atom. The average Bonchev–Trinajstić information content (AvgIpc) is 2.61. The molecule has 0 aliphatic carbocycles. The van der Waals surface area contributed by atoms with Gasteiger partial charge in [-0.3, -0.25) is 5.41 Å². The quantitative estimate of drug-likeness (QED) is 0.640. The molecule has 0 unspecified atom stereocenters. The van der Waals surface area contributed by atoms with E-state index in [0.29, 0.717) is 16.9 Å². The zero-order valence-electron chi connectivity index (χ0n) is 13.5. The van der Waals surface area contributed by atoms with Crippen LogP contribution in [0.25, 0.3) is 16.8 Å². The monoisotopic (exact) mass is 335 g/mol. The smallest absolute Gasteiger partial charge is 0.129 e. The van der Waals surface area contributed by atoms with Gasteiger partial charge in [0.15, 0.2) is 0 Å². The Balaban J connectivity index is 1.98. The van der Waals surface area contributed by atoms with Gasteiger partial charge >= 0.3 is 0 Å². The van der Waals surface area contributed by atoms with Crippen LogP contribution in [0.2, 0.25) is 0 Å². The van der Waals surface area contributed by atoms with E-state index in [0.717, 1.165) is 16.7 Å². The van der Waals surface area contributed by atoms with Crippen LogP contribution in [0.15, 0.2) is 67.4 Å². The minimum atomic E-state index is -0.296. The van der Waals surface area contributed by atoms with Crippen molar-refractivity contribution in [3.05, 3.63) is 89.8 Å². The molecule has 0 saturated carbocycles. The van der Waals surface area contributed by atoms with Crippen LogP contribution >= 0.6 is 0 Å². The Labute approximate surface area is 144 Å². The van der Waals surface area contributed by atoms with Gasteiger partial charge in [-0.05, 0) is 59.2 Å². The predicted octanol–water partition coefficient (Wildman–Crippen LogP) is 3.37. The number of aromatic nitrogens is 1. The molecule has 0 aliphatic heterocycles. The summed E-state index contributed by atoms with van der Waals surface area (Å²) in [5.74, 6) is -0.296. The second kappa shape index (κ2) is 6.75. The second-order valence-electron chi connectivity index (χ2n) is 5.75. The fourth-order valence-corrected chi connectivity index (χ4v) is 2.67. The first-order chi connectivity index (χ1) is 12.0. The van der Waals surface area contributed by atoms with Crippen LogP contribution < -0.4 is 11.2 Å². The summed E-state index contributed by atoms with van der Waals surface area (Å²) in [6, 6.07) is 14.9. The van der Waals surface area contributed by atoms with E-state index in [1.165, 1.54) is 12.1 Å². The van der Waals surface area contributed by atoms with E-state index in [1.54, 1.807) is 47.2 Å². The highest BCUT2D eigenvalue weighted by Gasteiger charge is 2.07. The van der Waals surface area contributed by atoms with Crippen molar-refractivity contribution in [2.45, 2.75) is 6.61 Å². The van der Waals surface area contributed by atoms with E-state index in [1.807, 2.05) is 6.07 Å². The third kappa shape index (κ3) is 3.51. The highest BCUT2D eigenvalue weighted by atomic mass is 19.1. The molecule has 3 aromatic rings. The average molecular weight is 335 g/mol. The Kier molecular flexibility index (Phi) is 4.50. The van der Waals surface area contributed by atoms with E-state index in [4.69, 9.17) is 11.1 Å². The van der Waals surface area contributed by atoms with Gasteiger partial charge in [0.2, 0.25) is 0 Å². The standard InChI is InChI=1S/C20H18FN3O/c1-13(17-8-14(12-25)9-19(22)10-17)24-7-6-16(11-20(24)23)15-2-4-18(21)5-3-15/h2-11,23,25H,1,12,22H2. The largest absolute Gasteiger partial charge is 0.399 e. The summed E-state index contributed by atoms with van der Waals surface area (Å²) in [6.07, 6.45) is 1.74. The summed E-state index contributed by atoms with van der Waals surface area (Å²) in [5, 5.41) is 17.6. The molecular weight excluding hydrogens is 317 g/mol. The van der Waals surface area contributed by atoms with Gasteiger partial charge in [0.05, 0.1) is 6.61 Å². The Morgan fingerprint density at radius 2 is 1.80 bits per heavy atom. The van der Waals surface area contributed by atoms with E-state index in [9.17, 15) is 9.50 Å². The minimum absolute atomic E-state index is 0.118. The lowest BCUT2D eigenvalue weighted by Gasteiger charge is -2.13.